The second-order valence-corrected chi connectivity index (χ2v) is 16.5. The number of hydrogen-bond acceptors (Lipinski definition) is 5. The van der Waals surface area contributed by atoms with Gasteiger partial charge in [-0.25, -0.2) is 0 Å². The Balaban J connectivity index is 4.50. The molecule has 0 aromatic rings. The van der Waals surface area contributed by atoms with Crippen LogP contribution in [0.25, 0.3) is 0 Å². The molecule has 320 valence electrons. The van der Waals surface area contributed by atoms with Gasteiger partial charge in [0.05, 0.1) is 25.2 Å². The Kier molecular flexibility index (Phi) is 41.6. The number of rotatable bonds is 43. The predicted octanol–water partition coefficient (Wildman–Crippen LogP) is 13.8. The number of aliphatic hydroxyl groups is 2. The average molecular weight is 764 g/mol. The molecule has 3 atom stereocenters. The standard InChI is InChI=1S/C48H93NO5/c1-4-7-10-13-16-19-21-23-24-26-29-32-35-38-41-48(53)54-44(39-36-33-30-27-18-15-12-9-6-3)42-47(52)49-45(43-50)46(51)40-37-34-31-28-25-22-20-17-14-11-8-5-2/h24,26,44-46,50-51H,4-23,25,27-43H2,1-3H3,(H,49,52)/b26-24-. The molecule has 0 radical (unpaired) electrons. The minimum absolute atomic E-state index is 0.0775. The number of unbranched alkanes of at least 4 members (excludes halogenated alkanes) is 29. The normalized spacial score (nSPS) is 13.4. The van der Waals surface area contributed by atoms with Crippen molar-refractivity contribution < 1.29 is 24.5 Å². The van der Waals surface area contributed by atoms with E-state index in [1.807, 2.05) is 0 Å². The summed E-state index contributed by atoms with van der Waals surface area (Å²) in [6.07, 6.45) is 45.6. The Morgan fingerprint density at radius 1 is 0.519 bits per heavy atom. The molecule has 6 nitrogen and oxygen atoms in total. The number of carbonyl (C=O) groups is 2. The maximum Gasteiger partial charge on any atom is 0.306 e. The van der Waals surface area contributed by atoms with Crippen LogP contribution in [0.5, 0.6) is 0 Å². The molecule has 6 heteroatoms. The van der Waals surface area contributed by atoms with Crippen LogP contribution in [0.4, 0.5) is 0 Å². The maximum absolute atomic E-state index is 13.1. The number of aliphatic hydroxyl groups excluding tert-OH is 2. The molecule has 0 aliphatic carbocycles. The van der Waals surface area contributed by atoms with E-state index in [1.165, 1.54) is 161 Å². The molecule has 3 N–H and O–H groups in total. The molecule has 0 saturated heterocycles. The summed E-state index contributed by atoms with van der Waals surface area (Å²) in [5.74, 6) is -0.483. The van der Waals surface area contributed by atoms with Gasteiger partial charge in [-0.1, -0.05) is 206 Å². The number of nitrogens with one attached hydrogen (secondary N) is 1. The molecule has 0 saturated carbocycles. The van der Waals surface area contributed by atoms with Gasteiger partial charge in [0.2, 0.25) is 5.91 Å². The summed E-state index contributed by atoms with van der Waals surface area (Å²) in [5.41, 5.74) is 0. The third-order valence-corrected chi connectivity index (χ3v) is 11.1. The van der Waals surface area contributed by atoms with Crippen molar-refractivity contribution in [3.05, 3.63) is 12.2 Å². The summed E-state index contributed by atoms with van der Waals surface area (Å²) in [7, 11) is 0. The molecular weight excluding hydrogens is 671 g/mol. The van der Waals surface area contributed by atoms with Crippen LogP contribution >= 0.6 is 0 Å². The quantitative estimate of drug-likeness (QED) is 0.0326. The predicted molar refractivity (Wildman–Crippen MR) is 232 cm³/mol. The lowest BCUT2D eigenvalue weighted by atomic mass is 10.0. The molecule has 1 amide bonds. The zero-order valence-electron chi connectivity index (χ0n) is 36.4. The fraction of sp³-hybridized carbons (Fsp3) is 0.917. The van der Waals surface area contributed by atoms with Crippen LogP contribution in [0, 0.1) is 0 Å². The number of ether oxygens (including phenoxy) is 1. The van der Waals surface area contributed by atoms with E-state index in [9.17, 15) is 19.8 Å². The molecule has 0 heterocycles. The van der Waals surface area contributed by atoms with Crippen LogP contribution in [-0.4, -0.2) is 46.9 Å². The van der Waals surface area contributed by atoms with Crippen molar-refractivity contribution in [1.29, 1.82) is 0 Å². The molecule has 0 fully saturated rings. The van der Waals surface area contributed by atoms with Crippen molar-refractivity contribution in [2.75, 3.05) is 6.61 Å². The van der Waals surface area contributed by atoms with Crippen molar-refractivity contribution in [3.63, 3.8) is 0 Å². The van der Waals surface area contributed by atoms with Crippen LogP contribution in [0.1, 0.15) is 258 Å². The van der Waals surface area contributed by atoms with Crippen molar-refractivity contribution in [2.45, 2.75) is 277 Å². The highest BCUT2D eigenvalue weighted by molar-refractivity contribution is 5.77. The van der Waals surface area contributed by atoms with E-state index in [0.717, 1.165) is 51.4 Å². The summed E-state index contributed by atoms with van der Waals surface area (Å²) < 4.78 is 5.89. The van der Waals surface area contributed by atoms with Crippen LogP contribution in [0.3, 0.4) is 0 Å². The molecule has 0 spiro atoms. The number of allylic oxidation sites excluding steroid dienone is 2. The first-order valence-electron chi connectivity index (χ1n) is 23.9. The Labute approximate surface area is 336 Å². The number of amides is 1. The van der Waals surface area contributed by atoms with Gasteiger partial charge in [-0.15, -0.1) is 0 Å². The van der Waals surface area contributed by atoms with E-state index in [0.29, 0.717) is 19.3 Å². The lowest BCUT2D eigenvalue weighted by molar-refractivity contribution is -0.151. The first-order valence-corrected chi connectivity index (χ1v) is 23.9. The molecule has 0 rings (SSSR count). The molecule has 0 aliphatic heterocycles. The number of esters is 1. The fourth-order valence-electron chi connectivity index (χ4n) is 7.43. The third-order valence-electron chi connectivity index (χ3n) is 11.1. The Bertz CT molecular complexity index is 817. The Morgan fingerprint density at radius 3 is 1.31 bits per heavy atom. The van der Waals surface area contributed by atoms with Gasteiger partial charge >= 0.3 is 5.97 Å². The second-order valence-electron chi connectivity index (χ2n) is 16.5. The van der Waals surface area contributed by atoms with Crippen LogP contribution in [-0.2, 0) is 14.3 Å². The van der Waals surface area contributed by atoms with Gasteiger partial charge in [0.25, 0.3) is 0 Å². The van der Waals surface area contributed by atoms with Crippen molar-refractivity contribution in [1.82, 2.24) is 5.32 Å². The van der Waals surface area contributed by atoms with E-state index in [-0.39, 0.29) is 24.9 Å². The zero-order valence-corrected chi connectivity index (χ0v) is 36.4. The Morgan fingerprint density at radius 2 is 0.889 bits per heavy atom. The smallest absolute Gasteiger partial charge is 0.306 e. The fourth-order valence-corrected chi connectivity index (χ4v) is 7.43. The SMILES string of the molecule is CCCCCCCCC/C=C\CCCCCC(=O)OC(CCCCCCCCCCC)CC(=O)NC(CO)C(O)CCCCCCCCCCCCCC. The summed E-state index contributed by atoms with van der Waals surface area (Å²) in [6, 6.07) is -0.695. The highest BCUT2D eigenvalue weighted by Gasteiger charge is 2.24. The lowest BCUT2D eigenvalue weighted by Gasteiger charge is -2.24. The first-order chi connectivity index (χ1) is 26.5. The van der Waals surface area contributed by atoms with Crippen molar-refractivity contribution in [2.24, 2.45) is 0 Å². The van der Waals surface area contributed by atoms with Gasteiger partial charge < -0.3 is 20.3 Å². The van der Waals surface area contributed by atoms with E-state index < -0.39 is 18.2 Å². The average Bonchev–Trinajstić information content (AvgIpc) is 3.16. The highest BCUT2D eigenvalue weighted by atomic mass is 16.5. The maximum atomic E-state index is 13.1. The second kappa shape index (κ2) is 42.7. The number of carbonyl (C=O) groups excluding carboxylic acids is 2. The molecule has 54 heavy (non-hydrogen) atoms. The van der Waals surface area contributed by atoms with Crippen LogP contribution in [0.2, 0.25) is 0 Å². The van der Waals surface area contributed by atoms with Crippen molar-refractivity contribution in [3.8, 4) is 0 Å². The van der Waals surface area contributed by atoms with E-state index in [2.05, 4.69) is 38.2 Å². The minimum Gasteiger partial charge on any atom is -0.462 e. The molecule has 3 unspecified atom stereocenters. The van der Waals surface area contributed by atoms with Gasteiger partial charge in [-0.3, -0.25) is 9.59 Å². The molecule has 0 aromatic heterocycles. The van der Waals surface area contributed by atoms with Gasteiger partial charge in [-0.05, 0) is 51.4 Å². The monoisotopic (exact) mass is 764 g/mol. The van der Waals surface area contributed by atoms with E-state index in [4.69, 9.17) is 4.74 Å². The summed E-state index contributed by atoms with van der Waals surface area (Å²) in [6.45, 7) is 6.46. The number of hydrogen-bond donors (Lipinski definition) is 3. The topological polar surface area (TPSA) is 95.9 Å². The summed E-state index contributed by atoms with van der Waals surface area (Å²) in [4.78, 5) is 26.0. The van der Waals surface area contributed by atoms with Gasteiger partial charge in [0, 0.05) is 6.42 Å². The molecule has 0 aliphatic rings. The van der Waals surface area contributed by atoms with E-state index >= 15 is 0 Å². The van der Waals surface area contributed by atoms with Crippen LogP contribution < -0.4 is 5.32 Å². The third kappa shape index (κ3) is 37.5. The van der Waals surface area contributed by atoms with Gasteiger partial charge in [0.1, 0.15) is 6.10 Å². The molecule has 0 aromatic carbocycles. The molecular formula is C48H93NO5. The Hall–Kier alpha value is -1.40. The van der Waals surface area contributed by atoms with Crippen LogP contribution in [0.15, 0.2) is 12.2 Å². The van der Waals surface area contributed by atoms with Gasteiger partial charge in [-0.2, -0.15) is 0 Å². The first kappa shape index (κ1) is 52.6. The zero-order chi connectivity index (χ0) is 39.6. The van der Waals surface area contributed by atoms with Gasteiger partial charge in [0.15, 0.2) is 0 Å². The minimum atomic E-state index is -0.782. The van der Waals surface area contributed by atoms with E-state index in [1.54, 1.807) is 0 Å². The lowest BCUT2D eigenvalue weighted by Crippen LogP contribution is -2.46. The highest BCUT2D eigenvalue weighted by Crippen LogP contribution is 2.18. The molecule has 0 bridgehead atoms. The summed E-state index contributed by atoms with van der Waals surface area (Å²) >= 11 is 0. The van der Waals surface area contributed by atoms with Crippen molar-refractivity contribution >= 4 is 11.9 Å². The largest absolute Gasteiger partial charge is 0.462 e. The summed E-state index contributed by atoms with van der Waals surface area (Å²) in [5, 5.41) is 23.6.